The smallest absolute Gasteiger partial charge is 0.221 e. The van der Waals surface area contributed by atoms with Crippen LogP contribution in [0.3, 0.4) is 0 Å². The predicted octanol–water partition coefficient (Wildman–Crippen LogP) is 3.50. The molecule has 2 aromatic rings. The Morgan fingerprint density at radius 3 is 1.50 bits per heavy atom. The maximum absolute atomic E-state index is 11.3. The van der Waals surface area contributed by atoms with E-state index in [-0.39, 0.29) is 10.8 Å². The van der Waals surface area contributed by atoms with Gasteiger partial charge in [0.15, 0.2) is 0 Å². The fraction of sp³-hybridized carbons (Fsp3) is 0.294. The van der Waals surface area contributed by atoms with Gasteiger partial charge in [-0.3, -0.25) is 10.1 Å². The molecule has 22 heavy (non-hydrogen) atoms. The van der Waals surface area contributed by atoms with Crippen LogP contribution in [0.25, 0.3) is 0 Å². The molecule has 0 radical (unpaired) electrons. The summed E-state index contributed by atoms with van der Waals surface area (Å²) in [4.78, 5) is 11.0. The third kappa shape index (κ3) is 3.36. The summed E-state index contributed by atoms with van der Waals surface area (Å²) >= 11 is 0. The number of hydrogen-bond acceptors (Lipinski definition) is 4. The summed E-state index contributed by atoms with van der Waals surface area (Å²) in [6.45, 7) is 1.62. The number of benzene rings is 2. The fourth-order valence-corrected chi connectivity index (χ4v) is 2.49. The molecule has 5 heteroatoms. The molecule has 2 rings (SSSR count). The molecule has 0 aliphatic heterocycles. The van der Waals surface area contributed by atoms with Gasteiger partial charge in [0.25, 0.3) is 0 Å². The van der Waals surface area contributed by atoms with Crippen molar-refractivity contribution in [3.8, 4) is 11.5 Å². The van der Waals surface area contributed by atoms with Crippen molar-refractivity contribution < 1.29 is 14.4 Å². The van der Waals surface area contributed by atoms with Crippen molar-refractivity contribution in [1.29, 1.82) is 0 Å². The first-order chi connectivity index (χ1) is 10.6. The van der Waals surface area contributed by atoms with Crippen molar-refractivity contribution in [1.82, 2.24) is 0 Å². The molecule has 0 N–H and O–H groups in total. The maximum atomic E-state index is 11.3. The first-order valence-corrected chi connectivity index (χ1v) is 6.98. The van der Waals surface area contributed by atoms with Crippen LogP contribution < -0.4 is 9.47 Å². The highest BCUT2D eigenvalue weighted by Crippen LogP contribution is 2.31. The molecular formula is C17H19NO4. The van der Waals surface area contributed by atoms with Crippen molar-refractivity contribution in [3.05, 3.63) is 69.8 Å². The number of ether oxygens (including phenoxy) is 2. The largest absolute Gasteiger partial charge is 0.497 e. The molecule has 0 heterocycles. The van der Waals surface area contributed by atoms with Crippen LogP contribution in [0.2, 0.25) is 0 Å². The van der Waals surface area contributed by atoms with Gasteiger partial charge >= 0.3 is 0 Å². The van der Waals surface area contributed by atoms with Gasteiger partial charge in [-0.2, -0.15) is 0 Å². The third-order valence-corrected chi connectivity index (χ3v) is 3.76. The Bertz CT molecular complexity index is 575. The molecule has 116 valence electrons. The lowest BCUT2D eigenvalue weighted by Crippen LogP contribution is -2.25. The third-order valence-electron chi connectivity index (χ3n) is 3.76. The lowest BCUT2D eigenvalue weighted by atomic mass is 9.86. The minimum Gasteiger partial charge on any atom is -0.497 e. The molecule has 0 spiro atoms. The number of hydrogen-bond donors (Lipinski definition) is 0. The van der Waals surface area contributed by atoms with Gasteiger partial charge in [-0.1, -0.05) is 24.3 Å². The SMILES string of the molecule is COc1ccc(C(c2ccc(OC)cc2)C(C)[N+](=O)[O-])cc1. The van der Waals surface area contributed by atoms with Gasteiger partial charge < -0.3 is 9.47 Å². The molecule has 0 bridgehead atoms. The second-order valence-electron chi connectivity index (χ2n) is 5.05. The molecule has 1 atom stereocenters. The van der Waals surface area contributed by atoms with Crippen molar-refractivity contribution in [2.24, 2.45) is 0 Å². The van der Waals surface area contributed by atoms with Crippen LogP contribution in [-0.2, 0) is 0 Å². The molecule has 2 aromatic carbocycles. The minimum absolute atomic E-state index is 0.251. The van der Waals surface area contributed by atoms with E-state index in [0.29, 0.717) is 0 Å². The molecule has 0 aliphatic rings. The Labute approximate surface area is 129 Å². The highest BCUT2D eigenvalue weighted by atomic mass is 16.6. The van der Waals surface area contributed by atoms with Gasteiger partial charge in [0.2, 0.25) is 6.04 Å². The van der Waals surface area contributed by atoms with Gasteiger partial charge in [-0.05, 0) is 35.4 Å². The average molecular weight is 301 g/mol. The minimum atomic E-state index is -0.734. The second-order valence-corrected chi connectivity index (χ2v) is 5.05. The van der Waals surface area contributed by atoms with Crippen LogP contribution in [0.1, 0.15) is 24.0 Å². The van der Waals surface area contributed by atoms with E-state index in [9.17, 15) is 10.1 Å². The molecule has 1 unspecified atom stereocenters. The van der Waals surface area contributed by atoms with E-state index >= 15 is 0 Å². The fourth-order valence-electron chi connectivity index (χ4n) is 2.49. The summed E-state index contributed by atoms with van der Waals surface area (Å²) in [5.74, 6) is 1.13. The van der Waals surface area contributed by atoms with Gasteiger partial charge in [-0.15, -0.1) is 0 Å². The lowest BCUT2D eigenvalue weighted by Gasteiger charge is -2.20. The monoisotopic (exact) mass is 301 g/mol. The van der Waals surface area contributed by atoms with E-state index < -0.39 is 6.04 Å². The van der Waals surface area contributed by atoms with E-state index in [1.165, 1.54) is 0 Å². The summed E-state index contributed by atoms with van der Waals surface area (Å²) in [7, 11) is 3.19. The van der Waals surface area contributed by atoms with Crippen LogP contribution in [0, 0.1) is 10.1 Å². The normalized spacial score (nSPS) is 12.0. The summed E-state index contributed by atoms with van der Waals surface area (Å²) < 4.78 is 10.3. The summed E-state index contributed by atoms with van der Waals surface area (Å²) in [5.41, 5.74) is 1.77. The Morgan fingerprint density at radius 1 is 0.864 bits per heavy atom. The Balaban J connectivity index is 2.42. The zero-order valence-corrected chi connectivity index (χ0v) is 12.9. The molecular weight excluding hydrogens is 282 g/mol. The molecule has 5 nitrogen and oxygen atoms in total. The Kier molecular flexibility index (Phi) is 4.99. The molecule has 0 saturated carbocycles. The molecule has 0 aliphatic carbocycles. The Morgan fingerprint density at radius 2 is 1.23 bits per heavy atom. The first-order valence-electron chi connectivity index (χ1n) is 6.98. The van der Waals surface area contributed by atoms with Crippen molar-refractivity contribution in [2.45, 2.75) is 18.9 Å². The van der Waals surface area contributed by atoms with Crippen LogP contribution in [0.4, 0.5) is 0 Å². The van der Waals surface area contributed by atoms with Gasteiger partial charge in [0, 0.05) is 11.8 Å². The van der Waals surface area contributed by atoms with Crippen molar-refractivity contribution in [3.63, 3.8) is 0 Å². The molecule has 0 amide bonds. The quantitative estimate of drug-likeness (QED) is 0.605. The van der Waals surface area contributed by atoms with Crippen LogP contribution >= 0.6 is 0 Å². The first kappa shape index (κ1) is 15.8. The highest BCUT2D eigenvalue weighted by Gasteiger charge is 2.29. The molecule has 0 saturated heterocycles. The summed E-state index contributed by atoms with van der Waals surface area (Å²) in [5, 5.41) is 11.3. The van der Waals surface area contributed by atoms with Crippen LogP contribution in [0.5, 0.6) is 11.5 Å². The van der Waals surface area contributed by atoms with Crippen molar-refractivity contribution in [2.75, 3.05) is 14.2 Å². The average Bonchev–Trinajstić information content (AvgIpc) is 2.56. The maximum Gasteiger partial charge on any atom is 0.221 e. The number of rotatable bonds is 6. The zero-order valence-electron chi connectivity index (χ0n) is 12.9. The summed E-state index contributed by atoms with van der Waals surface area (Å²) in [6, 6.07) is 14.0. The number of nitro groups is 1. The van der Waals surface area contributed by atoms with E-state index in [1.807, 2.05) is 48.5 Å². The van der Waals surface area contributed by atoms with Gasteiger partial charge in [-0.25, -0.2) is 0 Å². The van der Waals surface area contributed by atoms with Crippen molar-refractivity contribution >= 4 is 0 Å². The zero-order chi connectivity index (χ0) is 16.1. The van der Waals surface area contributed by atoms with E-state index in [2.05, 4.69) is 0 Å². The Hall–Kier alpha value is -2.56. The lowest BCUT2D eigenvalue weighted by molar-refractivity contribution is -0.520. The number of methoxy groups -OCH3 is 2. The number of nitrogens with zero attached hydrogens (tertiary/aromatic N) is 1. The standard InChI is InChI=1S/C17H19NO4/c1-12(18(19)20)17(13-4-8-15(21-2)9-5-13)14-6-10-16(22-3)11-7-14/h4-12,17H,1-3H3. The molecule has 0 aromatic heterocycles. The predicted molar refractivity (Wildman–Crippen MR) is 84.3 cm³/mol. The van der Waals surface area contributed by atoms with Gasteiger partial charge in [0.05, 0.1) is 20.1 Å². The van der Waals surface area contributed by atoms with E-state index in [0.717, 1.165) is 22.6 Å². The topological polar surface area (TPSA) is 61.6 Å². The van der Waals surface area contributed by atoms with E-state index in [1.54, 1.807) is 21.1 Å². The van der Waals surface area contributed by atoms with E-state index in [4.69, 9.17) is 9.47 Å². The van der Waals surface area contributed by atoms with Gasteiger partial charge in [0.1, 0.15) is 11.5 Å². The highest BCUT2D eigenvalue weighted by molar-refractivity contribution is 5.39. The van der Waals surface area contributed by atoms with Crippen LogP contribution in [-0.4, -0.2) is 25.2 Å². The second kappa shape index (κ2) is 6.93. The molecule has 0 fully saturated rings. The summed E-state index contributed by atoms with van der Waals surface area (Å²) in [6.07, 6.45) is 0. The van der Waals surface area contributed by atoms with Crippen LogP contribution in [0.15, 0.2) is 48.5 Å².